The van der Waals surface area contributed by atoms with E-state index in [1.807, 2.05) is 35.8 Å². The van der Waals surface area contributed by atoms with Gasteiger partial charge in [-0.15, -0.1) is 20.4 Å². The second-order valence-electron chi connectivity index (χ2n) is 7.03. The highest BCUT2D eigenvalue weighted by Gasteiger charge is 2.04. The monoisotopic (exact) mass is 536 g/mol. The van der Waals surface area contributed by atoms with E-state index in [1.54, 1.807) is 41.5 Å². The zero-order valence-corrected chi connectivity index (χ0v) is 20.4. The second-order valence-corrected chi connectivity index (χ2v) is 7.91. The van der Waals surface area contributed by atoms with Gasteiger partial charge < -0.3 is 4.42 Å². The van der Waals surface area contributed by atoms with Crippen molar-refractivity contribution in [3.8, 4) is 22.8 Å². The third kappa shape index (κ3) is 7.41. The zero-order chi connectivity index (χ0) is 26.0. The molecule has 0 bridgehead atoms. The van der Waals surface area contributed by atoms with Crippen molar-refractivity contribution in [1.29, 1.82) is 0 Å². The lowest BCUT2D eigenvalue weighted by Crippen LogP contribution is -2.28. The Bertz CT molecular complexity index is 1530. The molecular formula is C23H18Cl2N10O2. The van der Waals surface area contributed by atoms with Crippen molar-refractivity contribution in [2.45, 2.75) is 0 Å². The van der Waals surface area contributed by atoms with E-state index in [2.05, 4.69) is 30.4 Å². The Morgan fingerprint density at radius 3 is 2.03 bits per heavy atom. The third-order valence-corrected chi connectivity index (χ3v) is 4.92. The summed E-state index contributed by atoms with van der Waals surface area (Å²) in [4.78, 5) is 19.2. The summed E-state index contributed by atoms with van der Waals surface area (Å²) < 4.78 is 7.94. The fourth-order valence-electron chi connectivity index (χ4n) is 2.80. The molecule has 0 atom stereocenters. The van der Waals surface area contributed by atoms with Gasteiger partial charge in [0.2, 0.25) is 12.3 Å². The van der Waals surface area contributed by atoms with E-state index in [4.69, 9.17) is 33.5 Å². The zero-order valence-electron chi connectivity index (χ0n) is 18.9. The number of carbonyl (C=O) groups excluding carboxylic acids is 1. The molecule has 5 aromatic rings. The molecule has 37 heavy (non-hydrogen) atoms. The first-order valence-electron chi connectivity index (χ1n) is 10.5. The van der Waals surface area contributed by atoms with Crippen LogP contribution in [0.2, 0.25) is 10.0 Å². The van der Waals surface area contributed by atoms with Crippen LogP contribution in [0.4, 0.5) is 0 Å². The summed E-state index contributed by atoms with van der Waals surface area (Å²) in [6.07, 6.45) is 10.3. The third-order valence-electron chi connectivity index (χ3n) is 4.45. The first-order chi connectivity index (χ1) is 18.0. The first-order valence-corrected chi connectivity index (χ1v) is 11.2. The molecular weight excluding hydrogens is 519 g/mol. The normalized spacial score (nSPS) is 11.0. The molecule has 0 aliphatic rings. The van der Waals surface area contributed by atoms with Gasteiger partial charge in [-0.05, 0) is 24.3 Å². The quantitative estimate of drug-likeness (QED) is 0.143. The number of benzene rings is 2. The predicted octanol–water partition coefficient (Wildman–Crippen LogP) is 3.67. The molecule has 0 spiro atoms. The number of hydrazine groups is 1. The van der Waals surface area contributed by atoms with Crippen LogP contribution < -0.4 is 11.3 Å². The molecule has 1 amide bonds. The summed E-state index contributed by atoms with van der Waals surface area (Å²) in [5.41, 5.74) is 3.64. The number of amides is 1. The average molecular weight is 537 g/mol. The fourth-order valence-corrected chi connectivity index (χ4v) is 3.18. The van der Waals surface area contributed by atoms with Crippen LogP contribution in [0.3, 0.4) is 0 Å². The topological polar surface area (TPSA) is 155 Å². The number of nitrogens with two attached hydrogens (primary N) is 1. The molecule has 14 heteroatoms. The molecule has 186 valence electrons. The van der Waals surface area contributed by atoms with Gasteiger partial charge in [0, 0.05) is 45.7 Å². The molecule has 3 aromatic heterocycles. The summed E-state index contributed by atoms with van der Waals surface area (Å²) in [5, 5.41) is 17.0. The lowest BCUT2D eigenvalue weighted by molar-refractivity contribution is -0.116. The van der Waals surface area contributed by atoms with E-state index in [1.165, 1.54) is 29.7 Å². The van der Waals surface area contributed by atoms with Gasteiger partial charge in [-0.1, -0.05) is 47.5 Å². The maximum atomic E-state index is 10.9. The van der Waals surface area contributed by atoms with Crippen LogP contribution in [0.1, 0.15) is 5.89 Å². The Labute approximate surface area is 220 Å². The minimum atomic E-state index is -0.421. The molecule has 2 aromatic carbocycles. The van der Waals surface area contributed by atoms with Gasteiger partial charge in [0.1, 0.15) is 12.7 Å². The van der Waals surface area contributed by atoms with E-state index < -0.39 is 5.91 Å². The van der Waals surface area contributed by atoms with E-state index >= 15 is 0 Å². The van der Waals surface area contributed by atoms with E-state index in [9.17, 15) is 4.79 Å². The van der Waals surface area contributed by atoms with Crippen LogP contribution in [0.15, 0.2) is 78.1 Å². The lowest BCUT2D eigenvalue weighted by atomic mass is 10.2. The van der Waals surface area contributed by atoms with E-state index in [0.717, 1.165) is 11.1 Å². The molecule has 0 aliphatic heterocycles. The van der Waals surface area contributed by atoms with Crippen LogP contribution in [-0.4, -0.2) is 45.6 Å². The number of carbonyl (C=O) groups is 1. The Morgan fingerprint density at radius 1 is 0.919 bits per heavy atom. The molecule has 0 saturated carbocycles. The molecule has 0 saturated heterocycles. The highest BCUT2D eigenvalue weighted by molar-refractivity contribution is 6.31. The standard InChI is InChI=1S/C12H8ClN5O.C11H10ClN5O/c13-10-3-1-2-9(6-10)12-14-7-18(17-12)5-4-11-16-15-8-19-11;12-9-3-1-2-8(6-9)11-14-7-17(16-11)5-4-10(18)15-13/h1-8H;1-7H,13H2,(H,15,18)/b5-4+;5-4-. The minimum Gasteiger partial charge on any atom is -0.424 e. The van der Waals surface area contributed by atoms with Gasteiger partial charge in [0.25, 0.3) is 5.91 Å². The maximum Gasteiger partial charge on any atom is 0.259 e. The Morgan fingerprint density at radius 2 is 1.51 bits per heavy atom. The van der Waals surface area contributed by atoms with Gasteiger partial charge in [-0.3, -0.25) is 10.2 Å². The van der Waals surface area contributed by atoms with Crippen LogP contribution in [0.25, 0.3) is 41.3 Å². The fraction of sp³-hybridized carbons (Fsp3) is 0. The summed E-state index contributed by atoms with van der Waals surface area (Å²) in [5.74, 6) is 6.04. The molecule has 3 N–H and O–H groups in total. The Hall–Kier alpha value is -4.65. The van der Waals surface area contributed by atoms with Crippen LogP contribution in [0.5, 0.6) is 0 Å². The van der Waals surface area contributed by atoms with Crippen molar-refractivity contribution in [3.63, 3.8) is 0 Å². The molecule has 3 heterocycles. The molecule has 0 radical (unpaired) electrons. The number of aromatic nitrogens is 8. The second kappa shape index (κ2) is 12.4. The molecule has 0 aliphatic carbocycles. The summed E-state index contributed by atoms with van der Waals surface area (Å²) in [6, 6.07) is 14.6. The van der Waals surface area contributed by atoms with Crippen LogP contribution in [0, 0.1) is 0 Å². The highest BCUT2D eigenvalue weighted by Crippen LogP contribution is 2.20. The van der Waals surface area contributed by atoms with Gasteiger partial charge in [-0.2, -0.15) is 0 Å². The van der Waals surface area contributed by atoms with Gasteiger partial charge in [-0.25, -0.2) is 25.2 Å². The SMILES string of the molecule is Clc1cccc(-c2ncn(/C=C/c3nnco3)n2)c1.NNC(=O)/C=C\n1cnc(-c2cccc(Cl)c2)n1. The number of rotatable bonds is 6. The van der Waals surface area contributed by atoms with Crippen molar-refractivity contribution in [2.75, 3.05) is 0 Å². The molecule has 0 unspecified atom stereocenters. The maximum absolute atomic E-state index is 10.9. The number of halogens is 2. The van der Waals surface area contributed by atoms with Crippen LogP contribution >= 0.6 is 23.2 Å². The number of nitrogens with one attached hydrogen (secondary N) is 1. The van der Waals surface area contributed by atoms with Crippen molar-refractivity contribution >= 4 is 47.6 Å². The first kappa shape index (κ1) is 25.4. The molecule has 5 rings (SSSR count). The number of hydrogen-bond donors (Lipinski definition) is 2. The minimum absolute atomic E-state index is 0.403. The highest BCUT2D eigenvalue weighted by atomic mass is 35.5. The average Bonchev–Trinajstić information content (AvgIpc) is 3.69. The predicted molar refractivity (Wildman–Crippen MR) is 138 cm³/mol. The van der Waals surface area contributed by atoms with Gasteiger partial charge in [0.05, 0.1) is 0 Å². The van der Waals surface area contributed by atoms with Crippen molar-refractivity contribution < 1.29 is 9.21 Å². The van der Waals surface area contributed by atoms with Crippen molar-refractivity contribution in [1.82, 2.24) is 45.2 Å². The largest absolute Gasteiger partial charge is 0.424 e. The van der Waals surface area contributed by atoms with Crippen LogP contribution in [-0.2, 0) is 4.79 Å². The van der Waals surface area contributed by atoms with Gasteiger partial charge >= 0.3 is 0 Å². The smallest absolute Gasteiger partial charge is 0.259 e. The summed E-state index contributed by atoms with van der Waals surface area (Å²) in [7, 11) is 0. The number of nitrogens with zero attached hydrogens (tertiary/aromatic N) is 8. The molecule has 0 fully saturated rings. The Kier molecular flexibility index (Phi) is 8.49. The molecule has 12 nitrogen and oxygen atoms in total. The van der Waals surface area contributed by atoms with E-state index in [0.29, 0.717) is 27.6 Å². The summed E-state index contributed by atoms with van der Waals surface area (Å²) in [6.45, 7) is 0. The van der Waals surface area contributed by atoms with Crippen molar-refractivity contribution in [2.24, 2.45) is 5.84 Å². The van der Waals surface area contributed by atoms with E-state index in [-0.39, 0.29) is 0 Å². The Balaban J connectivity index is 0.000000173. The number of hydrogen-bond acceptors (Lipinski definition) is 9. The lowest BCUT2D eigenvalue weighted by Gasteiger charge is -1.95. The van der Waals surface area contributed by atoms with Crippen molar-refractivity contribution in [3.05, 3.63) is 89.6 Å². The van der Waals surface area contributed by atoms with Gasteiger partial charge in [0.15, 0.2) is 11.6 Å². The summed E-state index contributed by atoms with van der Waals surface area (Å²) >= 11 is 11.8.